The molecule has 0 spiro atoms. The molecular weight excluding hydrogens is 200 g/mol. The lowest BCUT2D eigenvalue weighted by Crippen LogP contribution is -2.30. The van der Waals surface area contributed by atoms with Gasteiger partial charge in [0, 0.05) is 20.0 Å². The van der Waals surface area contributed by atoms with Gasteiger partial charge in [-0.25, -0.2) is 0 Å². The molecule has 0 aromatic heterocycles. The predicted octanol–water partition coefficient (Wildman–Crippen LogP) is 2.40. The zero-order chi connectivity index (χ0) is 12.4. The summed E-state index contributed by atoms with van der Waals surface area (Å²) in [5, 5.41) is 0. The minimum Gasteiger partial charge on any atom is -0.349 e. The van der Waals surface area contributed by atoms with Crippen molar-refractivity contribution < 1.29 is 4.79 Å². The summed E-state index contributed by atoms with van der Waals surface area (Å²) in [4.78, 5) is 13.6. The SMILES string of the molecule is CCCCCCC(CCCN)C(=O)N(C)C. The van der Waals surface area contributed by atoms with E-state index < -0.39 is 0 Å². The second-order valence-electron chi connectivity index (χ2n) is 4.71. The van der Waals surface area contributed by atoms with Crippen LogP contribution in [0.2, 0.25) is 0 Å². The molecule has 2 N–H and O–H groups in total. The molecule has 0 saturated heterocycles. The normalized spacial score (nSPS) is 12.5. The fraction of sp³-hybridized carbons (Fsp3) is 0.923. The Hall–Kier alpha value is -0.570. The Labute approximate surface area is 100 Å². The first kappa shape index (κ1) is 15.4. The van der Waals surface area contributed by atoms with Crippen LogP contribution >= 0.6 is 0 Å². The van der Waals surface area contributed by atoms with E-state index in [4.69, 9.17) is 5.73 Å². The zero-order valence-corrected chi connectivity index (χ0v) is 11.2. The molecule has 3 nitrogen and oxygen atoms in total. The lowest BCUT2D eigenvalue weighted by molar-refractivity contribution is -0.133. The minimum atomic E-state index is 0.190. The van der Waals surface area contributed by atoms with E-state index in [2.05, 4.69) is 6.92 Å². The monoisotopic (exact) mass is 228 g/mol. The van der Waals surface area contributed by atoms with Crippen LogP contribution < -0.4 is 5.73 Å². The quantitative estimate of drug-likeness (QED) is 0.616. The highest BCUT2D eigenvalue weighted by Gasteiger charge is 2.18. The number of unbranched alkanes of at least 4 members (excludes halogenated alkanes) is 3. The first-order valence-electron chi connectivity index (χ1n) is 6.54. The maximum Gasteiger partial charge on any atom is 0.225 e. The third kappa shape index (κ3) is 6.83. The van der Waals surface area contributed by atoms with Gasteiger partial charge in [0.15, 0.2) is 0 Å². The van der Waals surface area contributed by atoms with Crippen LogP contribution in [0.1, 0.15) is 51.9 Å². The van der Waals surface area contributed by atoms with Gasteiger partial charge in [0.05, 0.1) is 0 Å². The standard InChI is InChI=1S/C13H28N2O/c1-4-5-6-7-9-12(10-8-11-14)13(16)15(2)3/h12H,4-11,14H2,1-3H3. The van der Waals surface area contributed by atoms with Crippen molar-refractivity contribution in [3.05, 3.63) is 0 Å². The average Bonchev–Trinajstić information content (AvgIpc) is 2.27. The Morgan fingerprint density at radius 1 is 1.12 bits per heavy atom. The molecule has 96 valence electrons. The number of hydrogen-bond donors (Lipinski definition) is 1. The van der Waals surface area contributed by atoms with Crippen molar-refractivity contribution >= 4 is 5.91 Å². The summed E-state index contributed by atoms with van der Waals surface area (Å²) in [6.45, 7) is 2.89. The van der Waals surface area contributed by atoms with Gasteiger partial charge < -0.3 is 10.6 Å². The summed E-state index contributed by atoms with van der Waals surface area (Å²) in [5.74, 6) is 0.459. The minimum absolute atomic E-state index is 0.190. The van der Waals surface area contributed by atoms with E-state index >= 15 is 0 Å². The van der Waals surface area contributed by atoms with E-state index in [1.165, 1.54) is 25.7 Å². The molecule has 0 saturated carbocycles. The topological polar surface area (TPSA) is 46.3 Å². The summed E-state index contributed by atoms with van der Waals surface area (Å²) >= 11 is 0. The van der Waals surface area contributed by atoms with Crippen molar-refractivity contribution in [2.24, 2.45) is 11.7 Å². The Bertz CT molecular complexity index is 181. The molecule has 0 rings (SSSR count). The van der Waals surface area contributed by atoms with Gasteiger partial charge in [0.2, 0.25) is 5.91 Å². The highest BCUT2D eigenvalue weighted by atomic mass is 16.2. The Morgan fingerprint density at radius 3 is 2.25 bits per heavy atom. The molecule has 16 heavy (non-hydrogen) atoms. The van der Waals surface area contributed by atoms with E-state index in [-0.39, 0.29) is 11.8 Å². The van der Waals surface area contributed by atoms with Crippen LogP contribution in [0.3, 0.4) is 0 Å². The van der Waals surface area contributed by atoms with Crippen molar-refractivity contribution in [1.82, 2.24) is 4.90 Å². The molecule has 0 radical (unpaired) electrons. The largest absolute Gasteiger partial charge is 0.349 e. The fourth-order valence-corrected chi connectivity index (χ4v) is 1.94. The lowest BCUT2D eigenvalue weighted by Gasteiger charge is -2.20. The Morgan fingerprint density at radius 2 is 1.75 bits per heavy atom. The van der Waals surface area contributed by atoms with E-state index in [0.29, 0.717) is 6.54 Å². The van der Waals surface area contributed by atoms with Gasteiger partial charge in [-0.1, -0.05) is 32.6 Å². The van der Waals surface area contributed by atoms with E-state index in [0.717, 1.165) is 19.3 Å². The van der Waals surface area contributed by atoms with Gasteiger partial charge in [-0.05, 0) is 25.8 Å². The molecule has 0 aromatic carbocycles. The molecule has 0 aliphatic rings. The first-order valence-corrected chi connectivity index (χ1v) is 6.54. The van der Waals surface area contributed by atoms with Crippen LogP contribution in [0.5, 0.6) is 0 Å². The number of carbonyl (C=O) groups is 1. The fourth-order valence-electron chi connectivity index (χ4n) is 1.94. The smallest absolute Gasteiger partial charge is 0.225 e. The van der Waals surface area contributed by atoms with Gasteiger partial charge in [-0.15, -0.1) is 0 Å². The highest BCUT2D eigenvalue weighted by molar-refractivity contribution is 5.78. The number of nitrogens with two attached hydrogens (primary N) is 1. The number of amides is 1. The van der Waals surface area contributed by atoms with Crippen molar-refractivity contribution in [2.45, 2.75) is 51.9 Å². The molecule has 0 bridgehead atoms. The predicted molar refractivity (Wildman–Crippen MR) is 69.2 cm³/mol. The summed E-state index contributed by atoms with van der Waals surface area (Å²) in [5.41, 5.74) is 5.50. The molecule has 0 aliphatic carbocycles. The first-order chi connectivity index (χ1) is 7.63. The Balaban J connectivity index is 3.95. The van der Waals surface area contributed by atoms with Gasteiger partial charge in [0.1, 0.15) is 0 Å². The molecule has 0 fully saturated rings. The Kier molecular flexibility index (Phi) is 9.30. The second-order valence-corrected chi connectivity index (χ2v) is 4.71. The molecule has 0 heterocycles. The molecule has 3 heteroatoms. The van der Waals surface area contributed by atoms with Crippen LogP contribution in [0.4, 0.5) is 0 Å². The van der Waals surface area contributed by atoms with Crippen LogP contribution in [-0.4, -0.2) is 31.4 Å². The van der Waals surface area contributed by atoms with E-state index in [1.54, 1.807) is 4.90 Å². The van der Waals surface area contributed by atoms with Gasteiger partial charge in [-0.2, -0.15) is 0 Å². The number of nitrogens with zero attached hydrogens (tertiary/aromatic N) is 1. The summed E-state index contributed by atoms with van der Waals surface area (Å²) in [6, 6.07) is 0. The van der Waals surface area contributed by atoms with Gasteiger partial charge >= 0.3 is 0 Å². The summed E-state index contributed by atoms with van der Waals surface area (Å²) in [7, 11) is 3.67. The van der Waals surface area contributed by atoms with Gasteiger partial charge in [-0.3, -0.25) is 4.79 Å². The van der Waals surface area contributed by atoms with E-state index in [1.807, 2.05) is 14.1 Å². The van der Waals surface area contributed by atoms with Crippen LogP contribution in [0, 0.1) is 5.92 Å². The molecule has 1 amide bonds. The maximum absolute atomic E-state index is 11.9. The third-order valence-electron chi connectivity index (χ3n) is 2.95. The average molecular weight is 228 g/mol. The van der Waals surface area contributed by atoms with Gasteiger partial charge in [0.25, 0.3) is 0 Å². The molecule has 1 atom stereocenters. The number of hydrogen-bond acceptors (Lipinski definition) is 2. The van der Waals surface area contributed by atoms with Crippen LogP contribution in [0.15, 0.2) is 0 Å². The molecule has 0 aliphatic heterocycles. The van der Waals surface area contributed by atoms with Crippen molar-refractivity contribution in [1.29, 1.82) is 0 Å². The molecule has 0 aromatic rings. The van der Waals surface area contributed by atoms with Crippen LogP contribution in [0.25, 0.3) is 0 Å². The van der Waals surface area contributed by atoms with Crippen LogP contribution in [-0.2, 0) is 4.79 Å². The number of carbonyl (C=O) groups excluding carboxylic acids is 1. The number of rotatable bonds is 9. The van der Waals surface area contributed by atoms with Crippen molar-refractivity contribution in [2.75, 3.05) is 20.6 Å². The molecule has 1 unspecified atom stereocenters. The van der Waals surface area contributed by atoms with Crippen molar-refractivity contribution in [3.63, 3.8) is 0 Å². The lowest BCUT2D eigenvalue weighted by atomic mass is 9.94. The van der Waals surface area contributed by atoms with Crippen molar-refractivity contribution in [3.8, 4) is 0 Å². The summed E-state index contributed by atoms with van der Waals surface area (Å²) < 4.78 is 0. The summed E-state index contributed by atoms with van der Waals surface area (Å²) in [6.07, 6.45) is 7.86. The zero-order valence-electron chi connectivity index (χ0n) is 11.2. The third-order valence-corrected chi connectivity index (χ3v) is 2.95. The maximum atomic E-state index is 11.9. The molecular formula is C13H28N2O. The van der Waals surface area contributed by atoms with E-state index in [9.17, 15) is 4.79 Å². The highest BCUT2D eigenvalue weighted by Crippen LogP contribution is 2.17. The second kappa shape index (κ2) is 9.64.